The summed E-state index contributed by atoms with van der Waals surface area (Å²) >= 11 is 0. The maximum atomic E-state index is 6.73. The third kappa shape index (κ3) is 0.806. The van der Waals surface area contributed by atoms with E-state index in [9.17, 15) is 0 Å². The van der Waals surface area contributed by atoms with Crippen LogP contribution in [0.2, 0.25) is 0 Å². The Hall–Kier alpha value is -0.770. The topological polar surface area (TPSA) is 57.4 Å². The first-order chi connectivity index (χ1) is 3.43. The van der Waals surface area contributed by atoms with E-state index >= 15 is 0 Å². The van der Waals surface area contributed by atoms with Gasteiger partial charge in [-0.2, -0.15) is 0 Å². The van der Waals surface area contributed by atoms with Crippen molar-refractivity contribution in [3.05, 3.63) is 0 Å². The molecule has 0 bridgehead atoms. The van der Waals surface area contributed by atoms with Crippen molar-refractivity contribution in [2.45, 2.75) is 0 Å². The summed E-state index contributed by atoms with van der Waals surface area (Å²) in [6, 6.07) is 0. The van der Waals surface area contributed by atoms with Gasteiger partial charge in [0.1, 0.15) is 0 Å². The van der Waals surface area contributed by atoms with E-state index in [-0.39, 0.29) is 6.54 Å². The van der Waals surface area contributed by atoms with Crippen molar-refractivity contribution in [3.8, 4) is 0 Å². The average Bonchev–Trinajstić information content (AvgIpc) is 2.14. The summed E-state index contributed by atoms with van der Waals surface area (Å²) < 4.78 is 0. The van der Waals surface area contributed by atoms with Crippen LogP contribution in [0.5, 0.6) is 0 Å². The molecule has 0 spiro atoms. The van der Waals surface area contributed by atoms with Crippen molar-refractivity contribution in [1.82, 2.24) is 11.1 Å². The Bertz CT molecular complexity index is 90.2. The van der Waals surface area contributed by atoms with Gasteiger partial charge >= 0.3 is 0 Å². The molecule has 1 heterocycles. The molecule has 0 saturated carbocycles. The van der Waals surface area contributed by atoms with E-state index in [1.165, 1.54) is 0 Å². The van der Waals surface area contributed by atoms with Gasteiger partial charge < -0.3 is 10.2 Å². The Morgan fingerprint density at radius 1 is 2.00 bits per heavy atom. The number of amidine groups is 1. The molecule has 7 heavy (non-hydrogen) atoms. The molecule has 0 amide bonds. The molecule has 0 saturated heterocycles. The largest absolute Gasteiger partial charge is 0.372 e. The third-order valence-corrected chi connectivity index (χ3v) is 0.683. The molecule has 4 nitrogen and oxygen atoms in total. The van der Waals surface area contributed by atoms with Crippen molar-refractivity contribution >= 4 is 5.84 Å². The average molecular weight is 100 g/mol. The van der Waals surface area contributed by atoms with E-state index in [0.717, 1.165) is 0 Å². The minimum Gasteiger partial charge on any atom is -0.372 e. The molecule has 0 aromatic carbocycles. The zero-order valence-corrected chi connectivity index (χ0v) is 3.77. The molecule has 0 aromatic rings. The minimum atomic E-state index is 0.181. The lowest BCUT2D eigenvalue weighted by Gasteiger charge is -1.86. The second kappa shape index (κ2) is 1.79. The molecule has 1 aliphatic heterocycles. The van der Waals surface area contributed by atoms with Gasteiger partial charge in [0.15, 0.2) is 12.6 Å². The molecular formula is C3H6N3O. The number of rotatable bonds is 1. The highest BCUT2D eigenvalue weighted by Gasteiger charge is 2.00. The van der Waals surface area contributed by atoms with E-state index in [0.29, 0.717) is 12.6 Å². The summed E-state index contributed by atoms with van der Waals surface area (Å²) in [6.45, 7) is 0.605. The molecular weight excluding hydrogens is 94.1 g/mol. The maximum absolute atomic E-state index is 6.73. The van der Waals surface area contributed by atoms with Crippen LogP contribution in [0.4, 0.5) is 0 Å². The zero-order chi connectivity index (χ0) is 5.11. The Balaban J connectivity index is 2.36. The fraction of sp³-hybridized carbons (Fsp3) is 0.667. The highest BCUT2D eigenvalue weighted by molar-refractivity contribution is 5.83. The minimum absolute atomic E-state index is 0.181. The number of nitrogens with zero attached hydrogens (tertiary/aromatic N) is 1. The first kappa shape index (κ1) is 4.39. The first-order valence-electron chi connectivity index (χ1n) is 2.01. The molecule has 0 atom stereocenters. The quantitative estimate of drug-likeness (QED) is 0.467. The Morgan fingerprint density at radius 2 is 2.86 bits per heavy atom. The Kier molecular flexibility index (Phi) is 1.12. The normalized spacial score (nSPS) is 17.6. The lowest BCUT2D eigenvalue weighted by molar-refractivity contribution is 0.164. The second-order valence-corrected chi connectivity index (χ2v) is 1.16. The van der Waals surface area contributed by atoms with Gasteiger partial charge in [0, 0.05) is 0 Å². The van der Waals surface area contributed by atoms with Crippen molar-refractivity contribution in [2.75, 3.05) is 13.3 Å². The maximum Gasteiger partial charge on any atom is 0.188 e. The van der Waals surface area contributed by atoms with Gasteiger partial charge in [-0.25, -0.2) is 5.73 Å². The summed E-state index contributed by atoms with van der Waals surface area (Å²) in [6.07, 6.45) is 0. The standard InChI is InChI=1S/C3H6N3O/c4-1-3-5-2-7-6-3/h4H,1-2H2,(H,5,6). The Morgan fingerprint density at radius 3 is 3.14 bits per heavy atom. The third-order valence-electron chi connectivity index (χ3n) is 0.683. The number of hydrogen-bond acceptors (Lipinski definition) is 3. The van der Waals surface area contributed by atoms with Crippen molar-refractivity contribution in [1.29, 1.82) is 0 Å². The van der Waals surface area contributed by atoms with Crippen LogP contribution in [-0.2, 0) is 4.84 Å². The van der Waals surface area contributed by atoms with Gasteiger partial charge in [0.25, 0.3) is 0 Å². The molecule has 4 heteroatoms. The molecule has 0 fully saturated rings. The second-order valence-electron chi connectivity index (χ2n) is 1.16. The summed E-state index contributed by atoms with van der Waals surface area (Å²) in [5, 5.41) is 6.22. The van der Waals surface area contributed by atoms with Gasteiger partial charge in [-0.05, 0) is 0 Å². The van der Waals surface area contributed by atoms with Crippen LogP contribution < -0.4 is 11.1 Å². The van der Waals surface area contributed by atoms with Crippen LogP contribution in [0.25, 0.3) is 0 Å². The number of hydrogen-bond donors (Lipinski definition) is 1. The van der Waals surface area contributed by atoms with E-state index < -0.39 is 0 Å². The SMILES string of the molecule is [NH]CC1=NOCN1. The van der Waals surface area contributed by atoms with Gasteiger partial charge in [0.05, 0.1) is 6.54 Å². The molecule has 1 rings (SSSR count). The lowest BCUT2D eigenvalue weighted by atomic mass is 10.6. The van der Waals surface area contributed by atoms with Crippen LogP contribution in [0, 0.1) is 0 Å². The molecule has 0 aliphatic carbocycles. The number of oxime groups is 1. The lowest BCUT2D eigenvalue weighted by Crippen LogP contribution is -2.21. The molecule has 1 radical (unpaired) electrons. The van der Waals surface area contributed by atoms with E-state index in [2.05, 4.69) is 15.3 Å². The van der Waals surface area contributed by atoms with E-state index in [4.69, 9.17) is 5.73 Å². The van der Waals surface area contributed by atoms with E-state index in [1.807, 2.05) is 0 Å². The van der Waals surface area contributed by atoms with Crippen LogP contribution in [0.3, 0.4) is 0 Å². The molecule has 2 N–H and O–H groups in total. The van der Waals surface area contributed by atoms with Gasteiger partial charge in [-0.3, -0.25) is 0 Å². The van der Waals surface area contributed by atoms with Crippen LogP contribution in [0.15, 0.2) is 5.16 Å². The van der Waals surface area contributed by atoms with Gasteiger partial charge in [0.2, 0.25) is 0 Å². The summed E-state index contributed by atoms with van der Waals surface area (Å²) in [4.78, 5) is 4.50. The highest BCUT2D eigenvalue weighted by atomic mass is 16.6. The van der Waals surface area contributed by atoms with Crippen molar-refractivity contribution in [3.63, 3.8) is 0 Å². The summed E-state index contributed by atoms with van der Waals surface area (Å²) in [5.41, 5.74) is 6.73. The molecule has 1 aliphatic rings. The van der Waals surface area contributed by atoms with Crippen LogP contribution >= 0.6 is 0 Å². The van der Waals surface area contributed by atoms with Crippen LogP contribution in [-0.4, -0.2) is 19.1 Å². The smallest absolute Gasteiger partial charge is 0.188 e. The zero-order valence-electron chi connectivity index (χ0n) is 3.77. The summed E-state index contributed by atoms with van der Waals surface area (Å²) in [7, 11) is 0. The Labute approximate surface area is 41.3 Å². The number of nitrogens with one attached hydrogen (secondary N) is 2. The predicted octanol–water partition coefficient (Wildman–Crippen LogP) is -0.840. The highest BCUT2D eigenvalue weighted by Crippen LogP contribution is 1.83. The molecule has 0 unspecified atom stereocenters. The molecule has 39 valence electrons. The fourth-order valence-electron chi connectivity index (χ4n) is 0.353. The van der Waals surface area contributed by atoms with Gasteiger partial charge in [-0.1, -0.05) is 5.16 Å². The van der Waals surface area contributed by atoms with E-state index in [1.54, 1.807) is 0 Å². The van der Waals surface area contributed by atoms with Crippen LogP contribution in [0.1, 0.15) is 0 Å². The summed E-state index contributed by atoms with van der Waals surface area (Å²) in [5.74, 6) is 0.611. The van der Waals surface area contributed by atoms with Gasteiger partial charge in [-0.15, -0.1) is 0 Å². The monoisotopic (exact) mass is 100 g/mol. The first-order valence-corrected chi connectivity index (χ1v) is 2.01. The van der Waals surface area contributed by atoms with Crippen molar-refractivity contribution in [2.24, 2.45) is 5.16 Å². The fourth-order valence-corrected chi connectivity index (χ4v) is 0.353. The van der Waals surface area contributed by atoms with Crippen molar-refractivity contribution < 1.29 is 4.84 Å². The predicted molar refractivity (Wildman–Crippen MR) is 24.5 cm³/mol. The molecule has 0 aromatic heterocycles.